The number of hydrogen-bond donors (Lipinski definition) is 0. The Labute approximate surface area is 517 Å². The van der Waals surface area contributed by atoms with E-state index < -0.39 is 0 Å². The van der Waals surface area contributed by atoms with E-state index in [1.165, 1.54) is 186 Å². The molecule has 438 valence electrons. The fourth-order valence-electron chi connectivity index (χ4n) is 17.2. The van der Waals surface area contributed by atoms with Crippen LogP contribution in [0.5, 0.6) is 0 Å². The summed E-state index contributed by atoms with van der Waals surface area (Å²) in [4.78, 5) is 0. The first kappa shape index (κ1) is 56.6. The minimum absolute atomic E-state index is 0.367. The third kappa shape index (κ3) is 12.6. The molecule has 6 fully saturated rings. The standard InChI is InChI=1S/C29H34N.2C27H30N/c1-21-7-3-6-10-28(21)29-18-17-27(20-30(29)2)24-13-11-23(12-14-24)26-16-15-22-8-4-5-9-25(22)19-26;2*1-19-6-3-4-9-26(19)27-15-14-24(18-28(27)2)20-10-12-21(13-11-20)25-16-22-7-5-8-23(22)17-25/h3,6-7,10-14,17-18,20,22,25-26H,4-5,8-9,15-16,19H2,1-2H3;2*3-4,6,9-15,18,22-23,25H,5,7-8,16-17H2,1-2H3/q3*+1/t22-,25-,26?;2*22-,23+,25?/m0../s1/i;25D;. The molecule has 0 amide bonds. The molecule has 0 bridgehead atoms. The molecule has 0 N–H and O–H groups in total. The summed E-state index contributed by atoms with van der Waals surface area (Å²) in [6.07, 6.45) is 30.3. The molecule has 3 aromatic heterocycles. The van der Waals surface area contributed by atoms with Crippen LogP contribution in [-0.4, -0.2) is 0 Å². The average molecular weight is 1130 g/mol. The summed E-state index contributed by atoms with van der Waals surface area (Å²) in [5, 5.41) is 0. The van der Waals surface area contributed by atoms with Crippen molar-refractivity contribution in [2.45, 2.75) is 148 Å². The topological polar surface area (TPSA) is 11.6 Å². The molecular weight excluding hydrogens is 1040 g/mol. The summed E-state index contributed by atoms with van der Waals surface area (Å²) in [6, 6.07) is 67.0. The van der Waals surface area contributed by atoms with Crippen LogP contribution in [0.25, 0.3) is 67.2 Å². The monoisotopic (exact) mass is 1130 g/mol. The van der Waals surface area contributed by atoms with Gasteiger partial charge in [-0.3, -0.25) is 0 Å². The lowest BCUT2D eigenvalue weighted by Crippen LogP contribution is -2.30. The zero-order valence-corrected chi connectivity index (χ0v) is 52.5. The fourth-order valence-corrected chi connectivity index (χ4v) is 17.2. The Kier molecular flexibility index (Phi) is 17.1. The highest BCUT2D eigenvalue weighted by Crippen LogP contribution is 2.52. The van der Waals surface area contributed by atoms with E-state index in [0.29, 0.717) is 0 Å². The van der Waals surface area contributed by atoms with Gasteiger partial charge in [0.1, 0.15) is 21.1 Å². The number of aromatic nitrogens is 3. The molecular formula is C83H94N3+3. The van der Waals surface area contributed by atoms with Crippen LogP contribution in [-0.2, 0) is 21.1 Å². The number of fused-ring (bicyclic) bond motifs is 3. The summed E-state index contributed by atoms with van der Waals surface area (Å²) >= 11 is 0. The second-order valence-corrected chi connectivity index (χ2v) is 27.4. The minimum Gasteiger partial charge on any atom is -0.200 e. The Morgan fingerprint density at radius 2 is 0.605 bits per heavy atom. The second-order valence-electron chi connectivity index (χ2n) is 27.4. The summed E-state index contributed by atoms with van der Waals surface area (Å²) in [5.41, 5.74) is 23.5. The Hall–Kier alpha value is -7.23. The first-order chi connectivity index (χ1) is 42.4. The van der Waals surface area contributed by atoms with E-state index in [0.717, 1.165) is 60.2 Å². The van der Waals surface area contributed by atoms with Crippen LogP contribution in [0.15, 0.2) is 201 Å². The summed E-state index contributed by atoms with van der Waals surface area (Å²) in [5.74, 6) is 6.83. The molecule has 6 aliphatic rings. The minimum atomic E-state index is -0.367. The van der Waals surface area contributed by atoms with Gasteiger partial charge in [0.15, 0.2) is 18.6 Å². The maximum atomic E-state index is 9.07. The van der Waals surface area contributed by atoms with Crippen molar-refractivity contribution in [3.05, 3.63) is 234 Å². The third-order valence-corrected chi connectivity index (χ3v) is 22.1. The molecule has 0 aliphatic heterocycles. The van der Waals surface area contributed by atoms with Gasteiger partial charge >= 0.3 is 0 Å². The largest absolute Gasteiger partial charge is 0.212 e. The van der Waals surface area contributed by atoms with E-state index >= 15 is 0 Å². The van der Waals surface area contributed by atoms with Crippen molar-refractivity contribution in [2.24, 2.45) is 56.7 Å². The Bertz CT molecular complexity index is 3810. The van der Waals surface area contributed by atoms with Crippen LogP contribution in [0.1, 0.15) is 162 Å². The van der Waals surface area contributed by atoms with Crippen molar-refractivity contribution in [2.75, 3.05) is 0 Å². The Morgan fingerprint density at radius 1 is 0.291 bits per heavy atom. The molecule has 15 rings (SSSR count). The van der Waals surface area contributed by atoms with Crippen molar-refractivity contribution in [1.29, 1.82) is 0 Å². The molecule has 9 aromatic rings. The van der Waals surface area contributed by atoms with Crippen LogP contribution in [0.4, 0.5) is 0 Å². The van der Waals surface area contributed by atoms with E-state index in [-0.39, 0.29) is 5.89 Å². The van der Waals surface area contributed by atoms with Gasteiger partial charge in [-0.05, 0) is 205 Å². The van der Waals surface area contributed by atoms with Crippen molar-refractivity contribution in [3.8, 4) is 67.2 Å². The van der Waals surface area contributed by atoms with Crippen LogP contribution >= 0.6 is 0 Å². The number of nitrogens with zero attached hydrogens (tertiary/aromatic N) is 3. The highest BCUT2D eigenvalue weighted by molar-refractivity contribution is 5.69. The highest BCUT2D eigenvalue weighted by Gasteiger charge is 2.39. The highest BCUT2D eigenvalue weighted by atomic mass is 14.9. The van der Waals surface area contributed by atoms with E-state index in [9.17, 15) is 0 Å². The number of benzene rings is 6. The molecule has 0 spiro atoms. The summed E-state index contributed by atoms with van der Waals surface area (Å²) in [7, 11) is 6.43. The predicted octanol–water partition coefficient (Wildman–Crippen LogP) is 20.1. The lowest BCUT2D eigenvalue weighted by atomic mass is 9.66. The predicted molar refractivity (Wildman–Crippen MR) is 357 cm³/mol. The second kappa shape index (κ2) is 26.0. The molecule has 6 aliphatic carbocycles. The van der Waals surface area contributed by atoms with E-state index in [1.54, 1.807) is 11.1 Å². The van der Waals surface area contributed by atoms with Crippen molar-refractivity contribution < 1.29 is 15.1 Å². The molecule has 6 aromatic carbocycles. The molecule has 3 unspecified atom stereocenters. The molecule has 86 heavy (non-hydrogen) atoms. The number of hydrogen-bond acceptors (Lipinski definition) is 0. The first-order valence-electron chi connectivity index (χ1n) is 33.9. The van der Waals surface area contributed by atoms with Gasteiger partial charge in [0.2, 0.25) is 17.1 Å². The Morgan fingerprint density at radius 3 is 1.00 bits per heavy atom. The summed E-state index contributed by atoms with van der Waals surface area (Å²) in [6.45, 7) is 6.53. The van der Waals surface area contributed by atoms with Gasteiger partial charge in [-0.1, -0.05) is 192 Å². The van der Waals surface area contributed by atoms with Gasteiger partial charge in [-0.15, -0.1) is 0 Å². The molecule has 3 heteroatoms. The van der Waals surface area contributed by atoms with Crippen LogP contribution in [0, 0.1) is 56.3 Å². The van der Waals surface area contributed by atoms with Crippen LogP contribution in [0.3, 0.4) is 0 Å². The molecule has 0 saturated heterocycles. The fraction of sp³-hybridized carbons (Fsp3) is 0.386. The van der Waals surface area contributed by atoms with Crippen molar-refractivity contribution >= 4 is 0 Å². The quantitative estimate of drug-likeness (QED) is 0.128. The summed E-state index contributed by atoms with van der Waals surface area (Å²) < 4.78 is 15.8. The molecule has 9 atom stereocenters. The third-order valence-electron chi connectivity index (χ3n) is 22.1. The maximum absolute atomic E-state index is 9.07. The van der Waals surface area contributed by atoms with Crippen molar-refractivity contribution in [3.63, 3.8) is 0 Å². The lowest BCUT2D eigenvalue weighted by molar-refractivity contribution is -0.660. The van der Waals surface area contributed by atoms with Gasteiger partial charge in [-0.2, -0.15) is 0 Å². The first-order valence-corrected chi connectivity index (χ1v) is 33.4. The molecule has 6 saturated carbocycles. The average Bonchev–Trinajstić information content (AvgIpc) is 3.75. The number of rotatable bonds is 9. The van der Waals surface area contributed by atoms with E-state index in [2.05, 4.69) is 256 Å². The lowest BCUT2D eigenvalue weighted by Gasteiger charge is -2.39. The number of aryl methyl sites for hydroxylation is 6. The van der Waals surface area contributed by atoms with Gasteiger partial charge in [-0.25, -0.2) is 13.7 Å². The molecule has 0 radical (unpaired) electrons. The zero-order valence-electron chi connectivity index (χ0n) is 53.5. The number of pyridine rings is 3. The van der Waals surface area contributed by atoms with Gasteiger partial charge in [0.25, 0.3) is 0 Å². The van der Waals surface area contributed by atoms with Crippen molar-refractivity contribution in [1.82, 2.24) is 0 Å². The van der Waals surface area contributed by atoms with Gasteiger partial charge in [0.05, 0.1) is 0 Å². The normalized spacial score (nSPS) is 24.7. The smallest absolute Gasteiger partial charge is 0.200 e. The van der Waals surface area contributed by atoms with Gasteiger partial charge < -0.3 is 0 Å². The van der Waals surface area contributed by atoms with Gasteiger partial charge in [0, 0.05) is 53.0 Å². The molecule has 3 nitrogen and oxygen atoms in total. The Balaban J connectivity index is 0.000000121. The SMILES string of the molecule is Cc1ccccc1-c1ccc(-c2ccc(C3CC[C@@H]4CCCC[C@H]4C3)cc2)c[n+]1C.Cc1ccccc1-c1ccc(-c2ccc(C3C[C@H]4CCC[C@H]4C3)cc2)c[n+]1C.[2H]C1(c2ccc(-c3ccc(-c4ccccc4C)[n+](C)c3)cc2)C[C@H]2CCC[C@H]2C1. The molecule has 3 heterocycles. The van der Waals surface area contributed by atoms with Crippen LogP contribution < -0.4 is 13.7 Å². The van der Waals surface area contributed by atoms with E-state index in [4.69, 9.17) is 1.37 Å². The van der Waals surface area contributed by atoms with Crippen LogP contribution in [0.2, 0.25) is 0 Å². The zero-order chi connectivity index (χ0) is 59.6. The van der Waals surface area contributed by atoms with E-state index in [1.807, 2.05) is 0 Å². The maximum Gasteiger partial charge on any atom is 0.212 e.